The predicted octanol–water partition coefficient (Wildman–Crippen LogP) is 1.81. The first-order valence-electron chi connectivity index (χ1n) is 7.47. The van der Waals surface area contributed by atoms with Crippen molar-refractivity contribution in [2.24, 2.45) is 12.8 Å². The maximum Gasteiger partial charge on any atom is 0.319 e. The number of benzene rings is 1. The van der Waals surface area contributed by atoms with Crippen LogP contribution >= 0.6 is 0 Å². The van der Waals surface area contributed by atoms with Gasteiger partial charge in [0.2, 0.25) is 0 Å². The zero-order valence-electron chi connectivity index (χ0n) is 13.2. The fraction of sp³-hybridized carbons (Fsp3) is 0.312. The lowest BCUT2D eigenvalue weighted by molar-refractivity contribution is 0.102. The number of anilines is 2. The molecule has 0 atom stereocenters. The summed E-state index contributed by atoms with van der Waals surface area (Å²) in [7, 11) is 1.77. The number of hydrogen-bond acceptors (Lipinski definition) is 3. The van der Waals surface area contributed by atoms with Crippen LogP contribution in [0.3, 0.4) is 0 Å². The SMILES string of the molecule is Cc1nn(C)cc1C(=O)Nc1ccc2c(c1)N(C(N)=O)CCC2. The van der Waals surface area contributed by atoms with Crippen LogP contribution < -0.4 is 16.0 Å². The zero-order valence-corrected chi connectivity index (χ0v) is 13.2. The van der Waals surface area contributed by atoms with Gasteiger partial charge in [-0.25, -0.2) is 4.79 Å². The molecule has 0 fully saturated rings. The number of nitrogens with two attached hydrogens (primary N) is 1. The summed E-state index contributed by atoms with van der Waals surface area (Å²) in [6.45, 7) is 2.39. The molecule has 0 bridgehead atoms. The molecule has 7 heteroatoms. The van der Waals surface area contributed by atoms with Gasteiger partial charge in [-0.15, -0.1) is 0 Å². The molecule has 0 aliphatic carbocycles. The minimum Gasteiger partial charge on any atom is -0.351 e. The van der Waals surface area contributed by atoms with Gasteiger partial charge in [0.1, 0.15) is 0 Å². The smallest absolute Gasteiger partial charge is 0.319 e. The molecule has 2 aromatic rings. The number of amides is 3. The van der Waals surface area contributed by atoms with E-state index in [0.29, 0.717) is 23.5 Å². The molecule has 0 unspecified atom stereocenters. The summed E-state index contributed by atoms with van der Waals surface area (Å²) in [5.41, 5.74) is 9.09. The van der Waals surface area contributed by atoms with E-state index in [2.05, 4.69) is 10.4 Å². The Labute approximate surface area is 134 Å². The van der Waals surface area contributed by atoms with E-state index in [1.165, 1.54) is 0 Å². The number of carbonyl (C=O) groups is 2. The number of primary amides is 1. The summed E-state index contributed by atoms with van der Waals surface area (Å²) in [5.74, 6) is -0.225. The Balaban J connectivity index is 1.87. The molecule has 1 aliphatic heterocycles. The molecule has 3 amide bonds. The molecule has 2 heterocycles. The van der Waals surface area contributed by atoms with E-state index in [-0.39, 0.29) is 5.91 Å². The number of carbonyl (C=O) groups excluding carboxylic acids is 2. The molecule has 0 saturated carbocycles. The van der Waals surface area contributed by atoms with Crippen LogP contribution in [0.25, 0.3) is 0 Å². The Bertz CT molecular complexity index is 781. The van der Waals surface area contributed by atoms with Gasteiger partial charge in [0.25, 0.3) is 5.91 Å². The molecule has 3 rings (SSSR count). The standard InChI is InChI=1S/C16H19N5O2/c1-10-13(9-20(2)19-10)15(22)18-12-6-5-11-4-3-7-21(16(17)23)14(11)8-12/h5-6,8-9H,3-4,7H2,1-2H3,(H2,17,23)(H,18,22). The third-order valence-corrected chi connectivity index (χ3v) is 3.99. The number of aryl methyl sites for hydroxylation is 3. The normalized spacial score (nSPS) is 13.6. The van der Waals surface area contributed by atoms with Gasteiger partial charge in [0.15, 0.2) is 0 Å². The fourth-order valence-electron chi connectivity index (χ4n) is 2.90. The third kappa shape index (κ3) is 2.90. The number of nitrogens with zero attached hydrogens (tertiary/aromatic N) is 3. The van der Waals surface area contributed by atoms with E-state index >= 15 is 0 Å². The third-order valence-electron chi connectivity index (χ3n) is 3.99. The van der Waals surface area contributed by atoms with Gasteiger partial charge in [0.05, 0.1) is 16.9 Å². The molecule has 0 spiro atoms. The van der Waals surface area contributed by atoms with Gasteiger partial charge in [0, 0.05) is 25.5 Å². The first-order valence-corrected chi connectivity index (χ1v) is 7.47. The number of aromatic nitrogens is 2. The second kappa shape index (κ2) is 5.75. The Kier molecular flexibility index (Phi) is 3.77. The highest BCUT2D eigenvalue weighted by Gasteiger charge is 2.21. The number of hydrogen-bond donors (Lipinski definition) is 2. The van der Waals surface area contributed by atoms with E-state index < -0.39 is 6.03 Å². The number of nitrogens with one attached hydrogen (secondary N) is 1. The van der Waals surface area contributed by atoms with Crippen LogP contribution in [0.15, 0.2) is 24.4 Å². The molecule has 1 aromatic heterocycles. The number of urea groups is 1. The molecule has 1 aliphatic rings. The van der Waals surface area contributed by atoms with Crippen molar-refractivity contribution in [3.63, 3.8) is 0 Å². The van der Waals surface area contributed by atoms with E-state index in [1.54, 1.807) is 35.8 Å². The summed E-state index contributed by atoms with van der Waals surface area (Å²) < 4.78 is 1.60. The molecular formula is C16H19N5O2. The molecule has 0 radical (unpaired) electrons. The van der Waals surface area contributed by atoms with Gasteiger partial charge in [-0.05, 0) is 37.5 Å². The van der Waals surface area contributed by atoms with Crippen LogP contribution in [0, 0.1) is 6.92 Å². The summed E-state index contributed by atoms with van der Waals surface area (Å²) >= 11 is 0. The lowest BCUT2D eigenvalue weighted by Crippen LogP contribution is -2.39. The summed E-state index contributed by atoms with van der Waals surface area (Å²) in [6.07, 6.45) is 3.46. The molecular weight excluding hydrogens is 294 g/mol. The van der Waals surface area contributed by atoms with Gasteiger partial charge >= 0.3 is 6.03 Å². The second-order valence-corrected chi connectivity index (χ2v) is 5.69. The lowest BCUT2D eigenvalue weighted by atomic mass is 10.0. The van der Waals surface area contributed by atoms with Crippen LogP contribution in [0.2, 0.25) is 0 Å². The quantitative estimate of drug-likeness (QED) is 0.885. The average molecular weight is 313 g/mol. The van der Waals surface area contributed by atoms with Crippen LogP contribution in [0.4, 0.5) is 16.2 Å². The van der Waals surface area contributed by atoms with Crippen molar-refractivity contribution in [3.05, 3.63) is 41.2 Å². The van der Waals surface area contributed by atoms with E-state index in [4.69, 9.17) is 5.73 Å². The molecule has 23 heavy (non-hydrogen) atoms. The van der Waals surface area contributed by atoms with Crippen LogP contribution in [0.1, 0.15) is 28.0 Å². The molecule has 1 aromatic carbocycles. The highest BCUT2D eigenvalue weighted by atomic mass is 16.2. The Morgan fingerprint density at radius 1 is 1.35 bits per heavy atom. The van der Waals surface area contributed by atoms with Gasteiger partial charge < -0.3 is 11.1 Å². The number of rotatable bonds is 2. The van der Waals surface area contributed by atoms with E-state index in [1.807, 2.05) is 12.1 Å². The van der Waals surface area contributed by atoms with E-state index in [0.717, 1.165) is 24.1 Å². The first-order chi connectivity index (χ1) is 11.0. The van der Waals surface area contributed by atoms with Gasteiger partial charge in [-0.2, -0.15) is 5.10 Å². The predicted molar refractivity (Wildman–Crippen MR) is 87.6 cm³/mol. The minimum absolute atomic E-state index is 0.225. The largest absolute Gasteiger partial charge is 0.351 e. The topological polar surface area (TPSA) is 93.2 Å². The van der Waals surface area contributed by atoms with Crippen molar-refractivity contribution in [3.8, 4) is 0 Å². The van der Waals surface area contributed by atoms with Crippen molar-refractivity contribution in [2.75, 3.05) is 16.8 Å². The maximum atomic E-state index is 12.4. The highest BCUT2D eigenvalue weighted by Crippen LogP contribution is 2.30. The average Bonchev–Trinajstić information content (AvgIpc) is 2.85. The summed E-state index contributed by atoms with van der Waals surface area (Å²) in [5, 5.41) is 7.02. The van der Waals surface area contributed by atoms with Crippen molar-refractivity contribution < 1.29 is 9.59 Å². The van der Waals surface area contributed by atoms with Gasteiger partial charge in [-0.1, -0.05) is 6.07 Å². The Morgan fingerprint density at radius 2 is 2.13 bits per heavy atom. The lowest BCUT2D eigenvalue weighted by Gasteiger charge is -2.28. The summed E-state index contributed by atoms with van der Waals surface area (Å²) in [4.78, 5) is 25.5. The molecule has 7 nitrogen and oxygen atoms in total. The molecule has 120 valence electrons. The Hall–Kier alpha value is -2.83. The van der Waals surface area contributed by atoms with Crippen molar-refractivity contribution >= 4 is 23.3 Å². The zero-order chi connectivity index (χ0) is 16.6. The van der Waals surface area contributed by atoms with Crippen molar-refractivity contribution in [1.82, 2.24) is 9.78 Å². The van der Waals surface area contributed by atoms with Crippen molar-refractivity contribution in [2.45, 2.75) is 19.8 Å². The molecule has 0 saturated heterocycles. The van der Waals surface area contributed by atoms with Crippen LogP contribution in [0.5, 0.6) is 0 Å². The monoisotopic (exact) mass is 313 g/mol. The fourth-order valence-corrected chi connectivity index (χ4v) is 2.90. The van der Waals surface area contributed by atoms with E-state index in [9.17, 15) is 9.59 Å². The van der Waals surface area contributed by atoms with Crippen molar-refractivity contribution in [1.29, 1.82) is 0 Å². The maximum absolute atomic E-state index is 12.4. The Morgan fingerprint density at radius 3 is 2.78 bits per heavy atom. The summed E-state index contributed by atoms with van der Waals surface area (Å²) in [6, 6.07) is 5.09. The van der Waals surface area contributed by atoms with Crippen LogP contribution in [-0.2, 0) is 13.5 Å². The highest BCUT2D eigenvalue weighted by molar-refractivity contribution is 6.05. The first kappa shape index (κ1) is 15.1. The van der Waals surface area contributed by atoms with Crippen LogP contribution in [-0.4, -0.2) is 28.3 Å². The number of fused-ring (bicyclic) bond motifs is 1. The van der Waals surface area contributed by atoms with Gasteiger partial charge in [-0.3, -0.25) is 14.4 Å². The molecule has 3 N–H and O–H groups in total. The second-order valence-electron chi connectivity index (χ2n) is 5.69. The minimum atomic E-state index is -0.475.